The fraction of sp³-hybridized carbons (Fsp3) is 0.364. The van der Waals surface area contributed by atoms with Gasteiger partial charge in [0.05, 0.1) is 23.5 Å². The Morgan fingerprint density at radius 1 is 0.978 bits per heavy atom. The molecule has 2 heterocycles. The summed E-state index contributed by atoms with van der Waals surface area (Å²) < 4.78 is 59.7. The molecule has 0 unspecified atom stereocenters. The highest BCUT2D eigenvalue weighted by molar-refractivity contribution is 6.03. The Labute approximate surface area is 262 Å². The lowest BCUT2D eigenvalue weighted by Gasteiger charge is -2.30. The number of urea groups is 1. The molecule has 0 saturated heterocycles. The largest absolute Gasteiger partial charge is 0.490 e. The van der Waals surface area contributed by atoms with E-state index in [2.05, 4.69) is 38.1 Å². The number of alkyl halides is 3. The Bertz CT molecular complexity index is 1690. The first-order valence-corrected chi connectivity index (χ1v) is 15.2. The van der Waals surface area contributed by atoms with Gasteiger partial charge in [-0.2, -0.15) is 18.4 Å². The summed E-state index contributed by atoms with van der Waals surface area (Å²) in [5, 5.41) is 16.0. The maximum atomic E-state index is 13.5. The van der Waals surface area contributed by atoms with Crippen molar-refractivity contribution in [2.75, 3.05) is 23.4 Å². The average molecular weight is 637 g/mol. The quantitative estimate of drug-likeness (QED) is 0.196. The lowest BCUT2D eigenvalue weighted by molar-refractivity contribution is -0.137. The normalized spacial score (nSPS) is 18.0. The number of aromatic amines is 1. The van der Waals surface area contributed by atoms with Crippen LogP contribution in [0.2, 0.25) is 0 Å². The molecule has 1 aromatic heterocycles. The molecule has 1 aliphatic heterocycles. The molecular formula is C33H32F4N6O3. The lowest BCUT2D eigenvalue weighted by atomic mass is 9.76. The fourth-order valence-electron chi connectivity index (χ4n) is 6.26. The molecule has 1 aliphatic carbocycles. The third-order valence-electron chi connectivity index (χ3n) is 8.69. The van der Waals surface area contributed by atoms with Gasteiger partial charge in [0.25, 0.3) is 0 Å². The van der Waals surface area contributed by atoms with E-state index in [1.807, 2.05) is 24.3 Å². The summed E-state index contributed by atoms with van der Waals surface area (Å²) in [6, 6.07) is 15.0. The van der Waals surface area contributed by atoms with Gasteiger partial charge in [-0.1, -0.05) is 35.5 Å². The number of nitrogens with zero attached hydrogens (tertiary/aromatic N) is 4. The number of nitrogens with one attached hydrogen (secondary N) is 2. The van der Waals surface area contributed by atoms with Crippen LogP contribution in [0.3, 0.4) is 0 Å². The standard InChI is InChI=1S/C33H32F4N6O3/c34-25-10-12-28(27(19-25)33(35,36)37)38-32(45)43-15-16-46-30-18-24(9-13-29(30)43)23-7-5-22(6-8-23)21-3-1-20(2-4-21)17-26(44)11-14-31-39-41-42-40-31/h5-10,12-13,18-21H,1-4,11,14-17H2,(H,38,45)(H,39,40,41,42). The highest BCUT2D eigenvalue weighted by atomic mass is 19.4. The predicted molar refractivity (Wildman–Crippen MR) is 162 cm³/mol. The number of aryl methyl sites for hydroxylation is 1. The lowest BCUT2D eigenvalue weighted by Crippen LogP contribution is -2.41. The maximum absolute atomic E-state index is 13.5. The van der Waals surface area contributed by atoms with Gasteiger partial charge in [-0.05, 0) is 84.5 Å². The third-order valence-corrected chi connectivity index (χ3v) is 8.69. The SMILES string of the molecule is O=C(CCc1nn[nH]n1)CC1CCC(c2ccc(-c3ccc4c(c3)OCCN4C(=O)Nc3ccc(F)cc3C(F)(F)F)cc2)CC1. The highest BCUT2D eigenvalue weighted by Crippen LogP contribution is 2.40. The average Bonchev–Trinajstić information content (AvgIpc) is 3.58. The van der Waals surface area contributed by atoms with Crippen LogP contribution in [0.1, 0.15) is 61.4 Å². The summed E-state index contributed by atoms with van der Waals surface area (Å²) >= 11 is 0. The first kappa shape index (κ1) is 31.2. The van der Waals surface area contributed by atoms with Crippen LogP contribution < -0.4 is 15.0 Å². The van der Waals surface area contributed by atoms with E-state index in [0.29, 0.717) is 54.4 Å². The van der Waals surface area contributed by atoms with Crippen LogP contribution in [-0.4, -0.2) is 45.6 Å². The maximum Gasteiger partial charge on any atom is 0.418 e. The van der Waals surface area contributed by atoms with Gasteiger partial charge < -0.3 is 10.1 Å². The van der Waals surface area contributed by atoms with E-state index < -0.39 is 29.3 Å². The Kier molecular flexibility index (Phi) is 9.00. The summed E-state index contributed by atoms with van der Waals surface area (Å²) in [5.74, 6) is 1.00. The van der Waals surface area contributed by atoms with Crippen molar-refractivity contribution in [3.8, 4) is 16.9 Å². The number of benzene rings is 3. The highest BCUT2D eigenvalue weighted by Gasteiger charge is 2.35. The van der Waals surface area contributed by atoms with Crippen LogP contribution in [0.4, 0.5) is 33.7 Å². The molecule has 0 atom stereocenters. The zero-order chi connectivity index (χ0) is 32.3. The molecule has 1 fully saturated rings. The van der Waals surface area contributed by atoms with E-state index in [1.165, 1.54) is 10.5 Å². The van der Waals surface area contributed by atoms with Crippen LogP contribution in [0, 0.1) is 11.7 Å². The number of ether oxygens (including phenoxy) is 1. The van der Waals surface area contributed by atoms with Gasteiger partial charge in [0.15, 0.2) is 5.82 Å². The molecule has 2 amide bonds. The van der Waals surface area contributed by atoms with E-state index in [4.69, 9.17) is 4.74 Å². The summed E-state index contributed by atoms with van der Waals surface area (Å²) in [6.45, 7) is 0.289. The van der Waals surface area contributed by atoms with Crippen LogP contribution in [0.5, 0.6) is 5.75 Å². The minimum absolute atomic E-state index is 0.131. The fourth-order valence-corrected chi connectivity index (χ4v) is 6.26. The molecule has 1 saturated carbocycles. The number of amides is 2. The van der Waals surface area contributed by atoms with Crippen LogP contribution in [-0.2, 0) is 17.4 Å². The number of fused-ring (bicyclic) bond motifs is 1. The van der Waals surface area contributed by atoms with Crippen molar-refractivity contribution in [3.05, 3.63) is 83.4 Å². The molecule has 0 bridgehead atoms. The third kappa shape index (κ3) is 7.19. The Balaban J connectivity index is 1.06. The second-order valence-electron chi connectivity index (χ2n) is 11.7. The zero-order valence-corrected chi connectivity index (χ0v) is 24.8. The van der Waals surface area contributed by atoms with E-state index in [-0.39, 0.29) is 18.9 Å². The van der Waals surface area contributed by atoms with Crippen molar-refractivity contribution in [2.24, 2.45) is 5.92 Å². The van der Waals surface area contributed by atoms with Crippen molar-refractivity contribution in [2.45, 2.75) is 57.0 Å². The molecule has 240 valence electrons. The summed E-state index contributed by atoms with van der Waals surface area (Å²) in [7, 11) is 0. The van der Waals surface area contributed by atoms with E-state index >= 15 is 0 Å². The number of rotatable bonds is 8. The number of tetrazole rings is 1. The van der Waals surface area contributed by atoms with Gasteiger partial charge in [-0.3, -0.25) is 9.69 Å². The molecular weight excluding hydrogens is 604 g/mol. The topological polar surface area (TPSA) is 113 Å². The van der Waals surface area contributed by atoms with Gasteiger partial charge in [-0.15, -0.1) is 10.2 Å². The first-order valence-electron chi connectivity index (χ1n) is 15.2. The number of carbonyl (C=O) groups is 2. The number of hydrogen-bond donors (Lipinski definition) is 2. The Hall–Kier alpha value is -4.81. The van der Waals surface area contributed by atoms with Crippen LogP contribution >= 0.6 is 0 Å². The van der Waals surface area contributed by atoms with Gasteiger partial charge in [0, 0.05) is 19.3 Å². The van der Waals surface area contributed by atoms with Gasteiger partial charge in [0.1, 0.15) is 24.0 Å². The molecule has 2 N–H and O–H groups in total. The number of H-pyrrole nitrogens is 1. The smallest absolute Gasteiger partial charge is 0.418 e. The molecule has 2 aliphatic rings. The summed E-state index contributed by atoms with van der Waals surface area (Å²) in [4.78, 5) is 26.8. The monoisotopic (exact) mass is 636 g/mol. The van der Waals surface area contributed by atoms with E-state index in [9.17, 15) is 27.2 Å². The minimum Gasteiger partial charge on any atom is -0.490 e. The molecule has 0 radical (unpaired) electrons. The number of Topliss-reactive ketones (excluding diaryl/α,β-unsaturated/α-hetero) is 1. The molecule has 0 spiro atoms. The van der Waals surface area contributed by atoms with Gasteiger partial charge in [-0.25, -0.2) is 9.18 Å². The number of hydrogen-bond acceptors (Lipinski definition) is 6. The number of carbonyl (C=O) groups excluding carboxylic acids is 2. The van der Waals surface area contributed by atoms with E-state index in [0.717, 1.165) is 48.9 Å². The minimum atomic E-state index is -4.84. The van der Waals surface area contributed by atoms with Gasteiger partial charge in [0.2, 0.25) is 0 Å². The molecule has 9 nitrogen and oxygen atoms in total. The van der Waals surface area contributed by atoms with Gasteiger partial charge >= 0.3 is 12.2 Å². The first-order chi connectivity index (χ1) is 22.1. The second-order valence-corrected chi connectivity index (χ2v) is 11.7. The van der Waals surface area contributed by atoms with Crippen LogP contribution in [0.15, 0.2) is 60.7 Å². The van der Waals surface area contributed by atoms with Crippen molar-refractivity contribution in [3.63, 3.8) is 0 Å². The number of ketones is 1. The van der Waals surface area contributed by atoms with Crippen molar-refractivity contribution < 1.29 is 31.9 Å². The molecule has 4 aromatic rings. The molecule has 6 rings (SSSR count). The number of aromatic nitrogens is 4. The zero-order valence-electron chi connectivity index (χ0n) is 24.8. The number of halogens is 4. The van der Waals surface area contributed by atoms with Crippen LogP contribution in [0.25, 0.3) is 11.1 Å². The molecule has 13 heteroatoms. The van der Waals surface area contributed by atoms with Crippen molar-refractivity contribution in [1.82, 2.24) is 20.6 Å². The molecule has 46 heavy (non-hydrogen) atoms. The van der Waals surface area contributed by atoms with E-state index in [1.54, 1.807) is 6.07 Å². The molecule has 3 aromatic carbocycles. The predicted octanol–water partition coefficient (Wildman–Crippen LogP) is 7.32. The summed E-state index contributed by atoms with van der Waals surface area (Å²) in [5.41, 5.74) is 1.71. The van der Waals surface area contributed by atoms with Crippen molar-refractivity contribution >= 4 is 23.2 Å². The summed E-state index contributed by atoms with van der Waals surface area (Å²) in [6.07, 6.45) is 0.740. The Morgan fingerprint density at radius 3 is 2.46 bits per heavy atom. The van der Waals surface area contributed by atoms with Crippen molar-refractivity contribution in [1.29, 1.82) is 0 Å². The number of anilines is 2. The Morgan fingerprint density at radius 2 is 1.74 bits per heavy atom. The second kappa shape index (κ2) is 13.3.